The summed E-state index contributed by atoms with van der Waals surface area (Å²) < 4.78 is 0. The minimum Gasteiger partial charge on any atom is -0.312 e. The Bertz CT molecular complexity index is 622. The van der Waals surface area contributed by atoms with Crippen molar-refractivity contribution >= 4 is 0 Å². The first-order valence-corrected chi connectivity index (χ1v) is 7.28. The number of nitrogens with zero attached hydrogens (tertiary/aromatic N) is 4. The first kappa shape index (κ1) is 11.9. The average molecular weight is 267 g/mol. The van der Waals surface area contributed by atoms with E-state index in [4.69, 9.17) is 9.97 Å². The first-order valence-electron chi connectivity index (χ1n) is 7.28. The lowest BCUT2D eigenvalue weighted by Gasteiger charge is -2.29. The van der Waals surface area contributed by atoms with Crippen molar-refractivity contribution in [3.8, 4) is 11.5 Å². The van der Waals surface area contributed by atoms with Gasteiger partial charge >= 0.3 is 0 Å². The minimum absolute atomic E-state index is 0.618. The van der Waals surface area contributed by atoms with Crippen LogP contribution < -0.4 is 5.32 Å². The fraction of sp³-hybridized carbons (Fsp3) is 0.467. The van der Waals surface area contributed by atoms with Crippen molar-refractivity contribution in [1.82, 2.24) is 25.3 Å². The van der Waals surface area contributed by atoms with Crippen LogP contribution in [0.4, 0.5) is 0 Å². The van der Waals surface area contributed by atoms with Crippen LogP contribution in [0.2, 0.25) is 0 Å². The molecule has 0 unspecified atom stereocenters. The van der Waals surface area contributed by atoms with E-state index < -0.39 is 0 Å². The Kier molecular flexibility index (Phi) is 2.92. The second-order valence-electron chi connectivity index (χ2n) is 5.51. The van der Waals surface area contributed by atoms with Gasteiger partial charge in [0, 0.05) is 37.2 Å². The van der Waals surface area contributed by atoms with Crippen molar-refractivity contribution in [2.24, 2.45) is 0 Å². The van der Waals surface area contributed by atoms with Gasteiger partial charge in [0.2, 0.25) is 0 Å². The largest absolute Gasteiger partial charge is 0.312 e. The van der Waals surface area contributed by atoms with Gasteiger partial charge in [0.1, 0.15) is 12.0 Å². The molecule has 0 atom stereocenters. The van der Waals surface area contributed by atoms with Gasteiger partial charge in [-0.15, -0.1) is 0 Å². The highest BCUT2D eigenvalue weighted by molar-refractivity contribution is 5.50. The van der Waals surface area contributed by atoms with Gasteiger partial charge in [-0.1, -0.05) is 6.42 Å². The summed E-state index contributed by atoms with van der Waals surface area (Å²) in [7, 11) is 0. The van der Waals surface area contributed by atoms with E-state index in [0.29, 0.717) is 5.92 Å². The average Bonchev–Trinajstić information content (AvgIpc) is 2.46. The Labute approximate surface area is 117 Å². The Morgan fingerprint density at radius 3 is 2.90 bits per heavy atom. The van der Waals surface area contributed by atoms with E-state index in [1.54, 1.807) is 12.5 Å². The summed E-state index contributed by atoms with van der Waals surface area (Å²) in [6, 6.07) is 1.88. The van der Waals surface area contributed by atoms with E-state index in [9.17, 15) is 0 Å². The van der Waals surface area contributed by atoms with Gasteiger partial charge in [0.05, 0.1) is 11.4 Å². The monoisotopic (exact) mass is 267 g/mol. The maximum atomic E-state index is 4.84. The molecule has 2 aliphatic rings. The molecule has 20 heavy (non-hydrogen) atoms. The molecule has 3 heterocycles. The van der Waals surface area contributed by atoms with Gasteiger partial charge in [-0.3, -0.25) is 0 Å². The molecule has 1 aliphatic heterocycles. The van der Waals surface area contributed by atoms with E-state index in [-0.39, 0.29) is 0 Å². The van der Waals surface area contributed by atoms with Gasteiger partial charge in [-0.05, 0) is 18.9 Å². The quantitative estimate of drug-likeness (QED) is 0.899. The van der Waals surface area contributed by atoms with Gasteiger partial charge in [-0.25, -0.2) is 19.9 Å². The molecular formula is C15H17N5. The number of hydrogen-bond donors (Lipinski definition) is 1. The molecule has 2 aromatic heterocycles. The summed E-state index contributed by atoms with van der Waals surface area (Å²) in [6.07, 6.45) is 8.12. The molecule has 5 nitrogen and oxygen atoms in total. The Balaban J connectivity index is 1.84. The highest BCUT2D eigenvalue weighted by Gasteiger charge is 2.27. The highest BCUT2D eigenvalue weighted by atomic mass is 15.0. The van der Waals surface area contributed by atoms with E-state index in [1.165, 1.54) is 36.2 Å². The van der Waals surface area contributed by atoms with E-state index >= 15 is 0 Å². The molecule has 1 saturated carbocycles. The summed E-state index contributed by atoms with van der Waals surface area (Å²) >= 11 is 0. The molecule has 0 amide bonds. The van der Waals surface area contributed by atoms with Gasteiger partial charge in [0.15, 0.2) is 5.82 Å². The molecule has 0 spiro atoms. The summed E-state index contributed by atoms with van der Waals surface area (Å²) in [5, 5.41) is 3.44. The van der Waals surface area contributed by atoms with Crippen molar-refractivity contribution < 1.29 is 0 Å². The standard InChI is InChI=1S/C15H17N5/c1-2-10(3-1)14-11-8-16-6-4-12(11)19-15(20-14)13-5-7-17-9-18-13/h5,7,9-10,16H,1-4,6,8H2. The van der Waals surface area contributed by atoms with Crippen LogP contribution in [0.3, 0.4) is 0 Å². The summed E-state index contributed by atoms with van der Waals surface area (Å²) in [4.78, 5) is 17.8. The Morgan fingerprint density at radius 2 is 2.15 bits per heavy atom. The topological polar surface area (TPSA) is 63.6 Å². The van der Waals surface area contributed by atoms with Crippen LogP contribution in [0.5, 0.6) is 0 Å². The molecule has 1 aliphatic carbocycles. The lowest BCUT2D eigenvalue weighted by Crippen LogP contribution is -2.28. The van der Waals surface area contributed by atoms with E-state index in [1.807, 2.05) is 6.07 Å². The van der Waals surface area contributed by atoms with Crippen LogP contribution in [0.25, 0.3) is 11.5 Å². The Hall–Kier alpha value is -1.88. The molecular weight excluding hydrogens is 250 g/mol. The van der Waals surface area contributed by atoms with Crippen LogP contribution in [0.15, 0.2) is 18.6 Å². The van der Waals surface area contributed by atoms with Crippen molar-refractivity contribution in [2.75, 3.05) is 6.54 Å². The SMILES string of the molecule is c1cc(-c2nc3c(c(C4CCC4)n2)CNCC3)ncn1. The van der Waals surface area contributed by atoms with E-state index in [2.05, 4.69) is 15.3 Å². The van der Waals surface area contributed by atoms with Crippen molar-refractivity contribution in [3.63, 3.8) is 0 Å². The van der Waals surface area contributed by atoms with Crippen LogP contribution in [0, 0.1) is 0 Å². The van der Waals surface area contributed by atoms with Crippen LogP contribution in [-0.4, -0.2) is 26.5 Å². The third kappa shape index (κ3) is 1.98. The lowest BCUT2D eigenvalue weighted by atomic mass is 9.80. The van der Waals surface area contributed by atoms with E-state index in [0.717, 1.165) is 31.0 Å². The van der Waals surface area contributed by atoms with Crippen LogP contribution in [-0.2, 0) is 13.0 Å². The maximum Gasteiger partial charge on any atom is 0.178 e. The number of nitrogens with one attached hydrogen (secondary N) is 1. The van der Waals surface area contributed by atoms with Crippen molar-refractivity contribution in [2.45, 2.75) is 38.1 Å². The summed E-state index contributed by atoms with van der Waals surface area (Å²) in [5.41, 5.74) is 4.61. The molecule has 0 saturated heterocycles. The molecule has 0 radical (unpaired) electrons. The lowest BCUT2D eigenvalue weighted by molar-refractivity contribution is 0.404. The second kappa shape index (κ2) is 4.90. The van der Waals surface area contributed by atoms with Gasteiger partial charge in [-0.2, -0.15) is 0 Å². The van der Waals surface area contributed by atoms with Crippen molar-refractivity contribution in [1.29, 1.82) is 0 Å². The first-order chi connectivity index (χ1) is 9.92. The van der Waals surface area contributed by atoms with Gasteiger partial charge < -0.3 is 5.32 Å². The molecule has 1 N–H and O–H groups in total. The molecule has 0 aromatic carbocycles. The zero-order valence-corrected chi connectivity index (χ0v) is 11.3. The zero-order chi connectivity index (χ0) is 13.4. The molecule has 102 valence electrons. The summed E-state index contributed by atoms with van der Waals surface area (Å²) in [6.45, 7) is 1.91. The summed E-state index contributed by atoms with van der Waals surface area (Å²) in [5.74, 6) is 1.38. The van der Waals surface area contributed by atoms with Gasteiger partial charge in [0.25, 0.3) is 0 Å². The molecule has 1 fully saturated rings. The molecule has 5 heteroatoms. The zero-order valence-electron chi connectivity index (χ0n) is 11.3. The third-order valence-electron chi connectivity index (χ3n) is 4.27. The smallest absolute Gasteiger partial charge is 0.178 e. The number of fused-ring (bicyclic) bond motifs is 1. The number of rotatable bonds is 2. The molecule has 0 bridgehead atoms. The normalized spacial score (nSPS) is 18.4. The Morgan fingerprint density at radius 1 is 1.20 bits per heavy atom. The second-order valence-corrected chi connectivity index (χ2v) is 5.51. The number of aromatic nitrogens is 4. The number of hydrogen-bond acceptors (Lipinski definition) is 5. The molecule has 4 rings (SSSR count). The predicted molar refractivity (Wildman–Crippen MR) is 75.1 cm³/mol. The fourth-order valence-electron chi connectivity index (χ4n) is 2.93. The van der Waals surface area contributed by atoms with Crippen molar-refractivity contribution in [3.05, 3.63) is 35.5 Å². The molecule has 2 aromatic rings. The minimum atomic E-state index is 0.618. The highest BCUT2D eigenvalue weighted by Crippen LogP contribution is 2.38. The van der Waals surface area contributed by atoms with Crippen LogP contribution >= 0.6 is 0 Å². The van der Waals surface area contributed by atoms with Crippen LogP contribution in [0.1, 0.15) is 42.1 Å². The fourth-order valence-corrected chi connectivity index (χ4v) is 2.93. The predicted octanol–water partition coefficient (Wildman–Crippen LogP) is 1.85. The maximum absolute atomic E-state index is 4.84. The third-order valence-corrected chi connectivity index (χ3v) is 4.27.